The fourth-order valence-corrected chi connectivity index (χ4v) is 1.67. The van der Waals surface area contributed by atoms with E-state index < -0.39 is 17.8 Å². The van der Waals surface area contributed by atoms with Crippen molar-refractivity contribution in [3.8, 4) is 0 Å². The molecule has 86 valence electrons. The summed E-state index contributed by atoms with van der Waals surface area (Å²) < 4.78 is 0. The van der Waals surface area contributed by atoms with Gasteiger partial charge < -0.3 is 10.0 Å². The summed E-state index contributed by atoms with van der Waals surface area (Å²) >= 11 is 0. The van der Waals surface area contributed by atoms with Gasteiger partial charge in [0.25, 0.3) is 0 Å². The quantitative estimate of drug-likeness (QED) is 0.750. The van der Waals surface area contributed by atoms with Crippen molar-refractivity contribution < 1.29 is 14.7 Å². The Balaban J connectivity index is 2.61. The number of nitrogens with zero attached hydrogens (tertiary/aromatic N) is 1. The number of aliphatic carboxylic acids is 1. The van der Waals surface area contributed by atoms with Gasteiger partial charge in [0.15, 0.2) is 0 Å². The molecule has 0 spiro atoms. The third kappa shape index (κ3) is 2.70. The van der Waals surface area contributed by atoms with E-state index in [0.717, 1.165) is 12.8 Å². The van der Waals surface area contributed by atoms with Gasteiger partial charge in [-0.25, -0.2) is 0 Å². The van der Waals surface area contributed by atoms with Crippen molar-refractivity contribution in [3.63, 3.8) is 0 Å². The van der Waals surface area contributed by atoms with Crippen LogP contribution in [0.1, 0.15) is 33.6 Å². The van der Waals surface area contributed by atoms with Gasteiger partial charge in [-0.05, 0) is 19.8 Å². The predicted octanol–water partition coefficient (Wildman–Crippen LogP) is 1.35. The Labute approximate surface area is 90.3 Å². The van der Waals surface area contributed by atoms with Gasteiger partial charge >= 0.3 is 5.97 Å². The summed E-state index contributed by atoms with van der Waals surface area (Å²) in [7, 11) is 0. The molecule has 0 saturated heterocycles. The molecule has 0 aliphatic heterocycles. The van der Waals surface area contributed by atoms with E-state index in [2.05, 4.69) is 0 Å². The lowest BCUT2D eigenvalue weighted by Gasteiger charge is -2.25. The molecule has 1 N–H and O–H groups in total. The van der Waals surface area contributed by atoms with Gasteiger partial charge in [0.2, 0.25) is 5.91 Å². The first-order valence-corrected chi connectivity index (χ1v) is 5.52. The van der Waals surface area contributed by atoms with Crippen molar-refractivity contribution >= 4 is 11.9 Å². The zero-order valence-corrected chi connectivity index (χ0v) is 9.56. The van der Waals surface area contributed by atoms with Crippen molar-refractivity contribution in [1.82, 2.24) is 4.90 Å². The minimum atomic E-state index is -0.900. The average molecular weight is 213 g/mol. The van der Waals surface area contributed by atoms with Crippen molar-refractivity contribution in [1.29, 1.82) is 0 Å². The Morgan fingerprint density at radius 1 is 1.33 bits per heavy atom. The van der Waals surface area contributed by atoms with Crippen LogP contribution < -0.4 is 0 Å². The standard InChI is InChI=1S/C11H19NO3/c1-4-12(9-5-6-9)10(13)7(2)8(3)11(14)15/h7-9H,4-6H2,1-3H3,(H,14,15). The van der Waals surface area contributed by atoms with Gasteiger partial charge in [-0.15, -0.1) is 0 Å². The first-order valence-electron chi connectivity index (χ1n) is 5.52. The van der Waals surface area contributed by atoms with Crippen LogP contribution in [0.4, 0.5) is 0 Å². The monoisotopic (exact) mass is 213 g/mol. The van der Waals surface area contributed by atoms with E-state index in [9.17, 15) is 9.59 Å². The van der Waals surface area contributed by atoms with E-state index >= 15 is 0 Å². The summed E-state index contributed by atoms with van der Waals surface area (Å²) in [6.45, 7) is 5.91. The fourth-order valence-electron chi connectivity index (χ4n) is 1.67. The maximum absolute atomic E-state index is 12.0. The number of amides is 1. The van der Waals surface area contributed by atoms with Crippen LogP contribution in [0.15, 0.2) is 0 Å². The smallest absolute Gasteiger partial charge is 0.307 e. The van der Waals surface area contributed by atoms with E-state index in [1.54, 1.807) is 13.8 Å². The first-order chi connectivity index (χ1) is 6.99. The van der Waals surface area contributed by atoms with Crippen LogP contribution >= 0.6 is 0 Å². The summed E-state index contributed by atoms with van der Waals surface area (Å²) in [5.41, 5.74) is 0. The van der Waals surface area contributed by atoms with Gasteiger partial charge in [-0.2, -0.15) is 0 Å². The molecule has 15 heavy (non-hydrogen) atoms. The third-order valence-corrected chi connectivity index (χ3v) is 3.14. The predicted molar refractivity (Wildman–Crippen MR) is 56.4 cm³/mol. The molecule has 4 heteroatoms. The van der Waals surface area contributed by atoms with Crippen LogP contribution in [0.25, 0.3) is 0 Å². The lowest BCUT2D eigenvalue weighted by atomic mass is 9.94. The lowest BCUT2D eigenvalue weighted by molar-refractivity contribution is -0.149. The zero-order valence-electron chi connectivity index (χ0n) is 9.56. The molecule has 1 rings (SSSR count). The molecule has 2 atom stereocenters. The van der Waals surface area contributed by atoms with Crippen molar-refractivity contribution in [2.75, 3.05) is 6.54 Å². The number of rotatable bonds is 5. The minimum Gasteiger partial charge on any atom is -0.481 e. The van der Waals surface area contributed by atoms with Crippen LogP contribution in [-0.4, -0.2) is 34.5 Å². The van der Waals surface area contributed by atoms with Crippen LogP contribution in [0, 0.1) is 11.8 Å². The molecule has 0 aromatic carbocycles. The molecule has 4 nitrogen and oxygen atoms in total. The van der Waals surface area contributed by atoms with Crippen LogP contribution in [0.2, 0.25) is 0 Å². The molecule has 1 aliphatic rings. The number of hydrogen-bond donors (Lipinski definition) is 1. The maximum atomic E-state index is 12.0. The summed E-state index contributed by atoms with van der Waals surface area (Å²) in [4.78, 5) is 24.5. The number of carbonyl (C=O) groups excluding carboxylic acids is 1. The Bertz CT molecular complexity index is 261. The van der Waals surface area contributed by atoms with Gasteiger partial charge in [0.1, 0.15) is 0 Å². The second kappa shape index (κ2) is 4.64. The summed E-state index contributed by atoms with van der Waals surface area (Å²) in [6, 6.07) is 0.367. The highest BCUT2D eigenvalue weighted by Crippen LogP contribution is 2.29. The fraction of sp³-hybridized carbons (Fsp3) is 0.818. The van der Waals surface area contributed by atoms with Crippen LogP contribution in [0.3, 0.4) is 0 Å². The molecule has 0 bridgehead atoms. The highest BCUT2D eigenvalue weighted by atomic mass is 16.4. The lowest BCUT2D eigenvalue weighted by Crippen LogP contribution is -2.40. The number of carboxylic acids is 1. The summed E-state index contributed by atoms with van der Waals surface area (Å²) in [5, 5.41) is 8.84. The second-order valence-corrected chi connectivity index (χ2v) is 4.27. The first kappa shape index (κ1) is 12.0. The minimum absolute atomic E-state index is 0.0186. The molecule has 0 aromatic rings. The van der Waals surface area contributed by atoms with Gasteiger partial charge in [0, 0.05) is 18.5 Å². The van der Waals surface area contributed by atoms with Gasteiger partial charge in [0.05, 0.1) is 5.92 Å². The SMILES string of the molecule is CCN(C(=O)C(C)C(C)C(=O)O)C1CC1. The number of hydrogen-bond acceptors (Lipinski definition) is 2. The Morgan fingerprint density at radius 3 is 2.20 bits per heavy atom. The van der Waals surface area contributed by atoms with Gasteiger partial charge in [-0.1, -0.05) is 13.8 Å². The highest BCUT2D eigenvalue weighted by Gasteiger charge is 2.36. The normalized spacial score (nSPS) is 19.4. The van der Waals surface area contributed by atoms with Crippen molar-refractivity contribution in [2.45, 2.75) is 39.7 Å². The van der Waals surface area contributed by atoms with E-state index in [-0.39, 0.29) is 5.91 Å². The summed E-state index contributed by atoms with van der Waals surface area (Å²) in [6.07, 6.45) is 2.13. The second-order valence-electron chi connectivity index (χ2n) is 4.27. The highest BCUT2D eigenvalue weighted by molar-refractivity contribution is 5.84. The number of carbonyl (C=O) groups is 2. The molecule has 0 radical (unpaired) electrons. The number of carboxylic acid groups (broad SMARTS) is 1. The third-order valence-electron chi connectivity index (χ3n) is 3.14. The summed E-state index contributed by atoms with van der Waals surface area (Å²) in [5.74, 6) is -1.95. The molecular formula is C11H19NO3. The molecule has 1 saturated carbocycles. The van der Waals surface area contributed by atoms with E-state index in [1.807, 2.05) is 11.8 Å². The molecule has 1 fully saturated rings. The molecule has 0 aromatic heterocycles. The molecule has 1 aliphatic carbocycles. The average Bonchev–Trinajstić information content (AvgIpc) is 3.00. The largest absolute Gasteiger partial charge is 0.481 e. The van der Waals surface area contributed by atoms with E-state index in [0.29, 0.717) is 12.6 Å². The van der Waals surface area contributed by atoms with Gasteiger partial charge in [-0.3, -0.25) is 9.59 Å². The molecule has 2 unspecified atom stereocenters. The Hall–Kier alpha value is -1.06. The topological polar surface area (TPSA) is 57.6 Å². The molecular weight excluding hydrogens is 194 g/mol. The molecule has 1 amide bonds. The van der Waals surface area contributed by atoms with E-state index in [4.69, 9.17) is 5.11 Å². The van der Waals surface area contributed by atoms with Crippen molar-refractivity contribution in [3.05, 3.63) is 0 Å². The van der Waals surface area contributed by atoms with Crippen molar-refractivity contribution in [2.24, 2.45) is 11.8 Å². The van der Waals surface area contributed by atoms with E-state index in [1.165, 1.54) is 0 Å². The maximum Gasteiger partial charge on any atom is 0.307 e. The Morgan fingerprint density at radius 2 is 1.87 bits per heavy atom. The molecule has 0 heterocycles. The zero-order chi connectivity index (χ0) is 11.6. The van der Waals surface area contributed by atoms with Crippen LogP contribution in [-0.2, 0) is 9.59 Å². The van der Waals surface area contributed by atoms with Crippen LogP contribution in [0.5, 0.6) is 0 Å². The Kier molecular flexibility index (Phi) is 3.72.